The number of rotatable bonds is 5. The third kappa shape index (κ3) is 4.03. The van der Waals surface area contributed by atoms with Crippen LogP contribution in [0, 0.1) is 0 Å². The van der Waals surface area contributed by atoms with Crippen LogP contribution in [0.1, 0.15) is 36.8 Å². The number of alkyl halides is 2. The summed E-state index contributed by atoms with van der Waals surface area (Å²) >= 11 is 0. The van der Waals surface area contributed by atoms with Gasteiger partial charge in [0, 0.05) is 25.3 Å². The average molecular weight is 255 g/mol. The maximum absolute atomic E-state index is 12.4. The average Bonchev–Trinajstić information content (AvgIpc) is 2.40. The molecule has 1 aliphatic rings. The molecule has 1 unspecified atom stereocenters. The Hall–Kier alpha value is -1.00. The third-order valence-corrected chi connectivity index (χ3v) is 3.21. The second-order valence-electron chi connectivity index (χ2n) is 4.66. The molecule has 18 heavy (non-hydrogen) atoms. The molecule has 0 saturated carbocycles. The van der Waals surface area contributed by atoms with E-state index in [1.807, 2.05) is 0 Å². The Bertz CT molecular complexity index is 347. The molecule has 1 fully saturated rings. The van der Waals surface area contributed by atoms with E-state index in [2.05, 4.69) is 5.32 Å². The largest absolute Gasteiger partial charge is 0.377 e. The summed E-state index contributed by atoms with van der Waals surface area (Å²) in [4.78, 5) is 0. The Kier molecular flexibility index (Phi) is 5.08. The molecule has 1 heterocycles. The first-order valence-electron chi connectivity index (χ1n) is 6.45. The molecule has 1 aliphatic heterocycles. The molecule has 0 aromatic heterocycles. The van der Waals surface area contributed by atoms with Crippen LogP contribution < -0.4 is 5.32 Å². The molecule has 0 spiro atoms. The molecule has 0 radical (unpaired) electrons. The lowest BCUT2D eigenvalue weighted by Gasteiger charge is -2.22. The first kappa shape index (κ1) is 13.4. The second kappa shape index (κ2) is 6.81. The van der Waals surface area contributed by atoms with Crippen molar-refractivity contribution in [3.63, 3.8) is 0 Å². The molecule has 0 bridgehead atoms. The molecule has 1 aromatic rings. The van der Waals surface area contributed by atoms with Gasteiger partial charge in [0.15, 0.2) is 0 Å². The maximum Gasteiger partial charge on any atom is 0.263 e. The quantitative estimate of drug-likeness (QED) is 0.871. The van der Waals surface area contributed by atoms with Crippen LogP contribution in [0.4, 0.5) is 8.78 Å². The predicted octanol–water partition coefficient (Wildman–Crippen LogP) is 3.28. The fourth-order valence-corrected chi connectivity index (χ4v) is 2.13. The SMILES string of the molecule is FC(F)c1ccc(CNCC2CCCCO2)cc1. The van der Waals surface area contributed by atoms with Crippen molar-refractivity contribution in [3.05, 3.63) is 35.4 Å². The number of halogens is 2. The fraction of sp³-hybridized carbons (Fsp3) is 0.571. The summed E-state index contributed by atoms with van der Waals surface area (Å²) in [5, 5.41) is 3.31. The molecule has 0 amide bonds. The number of hydrogen-bond acceptors (Lipinski definition) is 2. The number of hydrogen-bond donors (Lipinski definition) is 1. The number of nitrogens with one attached hydrogen (secondary N) is 1. The van der Waals surface area contributed by atoms with Crippen LogP contribution in [-0.2, 0) is 11.3 Å². The standard InChI is InChI=1S/C14H19F2NO/c15-14(16)12-6-4-11(5-7-12)9-17-10-13-3-1-2-8-18-13/h4-7,13-14,17H,1-3,8-10H2. The normalized spacial score (nSPS) is 20.3. The summed E-state index contributed by atoms with van der Waals surface area (Å²) in [6.07, 6.45) is 1.42. The summed E-state index contributed by atoms with van der Waals surface area (Å²) in [6.45, 7) is 2.38. The van der Waals surface area contributed by atoms with Gasteiger partial charge in [0.2, 0.25) is 0 Å². The van der Waals surface area contributed by atoms with E-state index in [1.165, 1.54) is 18.6 Å². The van der Waals surface area contributed by atoms with Gasteiger partial charge in [-0.1, -0.05) is 24.3 Å². The summed E-state index contributed by atoms with van der Waals surface area (Å²) in [6, 6.07) is 6.46. The van der Waals surface area contributed by atoms with E-state index in [9.17, 15) is 8.78 Å². The van der Waals surface area contributed by atoms with E-state index in [1.54, 1.807) is 12.1 Å². The first-order chi connectivity index (χ1) is 8.75. The van der Waals surface area contributed by atoms with Crippen LogP contribution in [0.2, 0.25) is 0 Å². The molecule has 4 heteroatoms. The predicted molar refractivity (Wildman–Crippen MR) is 66.7 cm³/mol. The number of benzene rings is 1. The summed E-state index contributed by atoms with van der Waals surface area (Å²) < 4.78 is 30.3. The molecule has 1 N–H and O–H groups in total. The van der Waals surface area contributed by atoms with Crippen molar-refractivity contribution >= 4 is 0 Å². The van der Waals surface area contributed by atoms with Crippen molar-refractivity contribution in [2.45, 2.75) is 38.3 Å². The summed E-state index contributed by atoms with van der Waals surface area (Å²) in [5.74, 6) is 0. The lowest BCUT2D eigenvalue weighted by Crippen LogP contribution is -2.31. The van der Waals surface area contributed by atoms with Crippen LogP contribution in [0.5, 0.6) is 0 Å². The van der Waals surface area contributed by atoms with Crippen LogP contribution >= 0.6 is 0 Å². The van der Waals surface area contributed by atoms with Gasteiger partial charge in [-0.2, -0.15) is 0 Å². The fourth-order valence-electron chi connectivity index (χ4n) is 2.13. The molecule has 100 valence electrons. The van der Waals surface area contributed by atoms with E-state index in [0.29, 0.717) is 12.6 Å². The van der Waals surface area contributed by atoms with Crippen molar-refractivity contribution in [2.24, 2.45) is 0 Å². The molecule has 1 atom stereocenters. The Balaban J connectivity index is 1.72. The third-order valence-electron chi connectivity index (χ3n) is 3.21. The lowest BCUT2D eigenvalue weighted by molar-refractivity contribution is 0.0168. The van der Waals surface area contributed by atoms with E-state index in [-0.39, 0.29) is 5.56 Å². The molecule has 1 saturated heterocycles. The van der Waals surface area contributed by atoms with E-state index >= 15 is 0 Å². The van der Waals surface area contributed by atoms with Gasteiger partial charge in [-0.25, -0.2) is 8.78 Å². The summed E-state index contributed by atoms with van der Waals surface area (Å²) in [7, 11) is 0. The van der Waals surface area contributed by atoms with Crippen molar-refractivity contribution in [1.82, 2.24) is 5.32 Å². The Morgan fingerprint density at radius 1 is 1.22 bits per heavy atom. The molecule has 2 rings (SSSR count). The highest BCUT2D eigenvalue weighted by atomic mass is 19.3. The van der Waals surface area contributed by atoms with Crippen LogP contribution in [0.25, 0.3) is 0 Å². The number of ether oxygens (including phenoxy) is 1. The molecule has 2 nitrogen and oxygen atoms in total. The van der Waals surface area contributed by atoms with Crippen molar-refractivity contribution < 1.29 is 13.5 Å². The molecule has 1 aromatic carbocycles. The van der Waals surface area contributed by atoms with E-state index < -0.39 is 6.43 Å². The zero-order chi connectivity index (χ0) is 12.8. The Morgan fingerprint density at radius 2 is 2.00 bits per heavy atom. The van der Waals surface area contributed by atoms with Crippen molar-refractivity contribution in [1.29, 1.82) is 0 Å². The summed E-state index contributed by atoms with van der Waals surface area (Å²) in [5.41, 5.74) is 1.10. The highest BCUT2D eigenvalue weighted by Gasteiger charge is 2.12. The monoisotopic (exact) mass is 255 g/mol. The minimum atomic E-state index is -2.39. The van der Waals surface area contributed by atoms with Gasteiger partial charge in [-0.05, 0) is 24.8 Å². The van der Waals surface area contributed by atoms with Crippen LogP contribution in [0.3, 0.4) is 0 Å². The Labute approximate surface area is 106 Å². The smallest absolute Gasteiger partial charge is 0.263 e. The minimum Gasteiger partial charge on any atom is -0.377 e. The molecule has 0 aliphatic carbocycles. The van der Waals surface area contributed by atoms with Gasteiger partial charge >= 0.3 is 0 Å². The van der Waals surface area contributed by atoms with Gasteiger partial charge in [-0.3, -0.25) is 0 Å². The minimum absolute atomic E-state index is 0.0781. The van der Waals surface area contributed by atoms with Gasteiger partial charge in [0.1, 0.15) is 0 Å². The van der Waals surface area contributed by atoms with Gasteiger partial charge in [0.05, 0.1) is 6.10 Å². The first-order valence-corrected chi connectivity index (χ1v) is 6.45. The molecular weight excluding hydrogens is 236 g/mol. The Morgan fingerprint density at radius 3 is 2.61 bits per heavy atom. The van der Waals surface area contributed by atoms with Crippen molar-refractivity contribution in [2.75, 3.05) is 13.2 Å². The zero-order valence-corrected chi connectivity index (χ0v) is 10.4. The highest BCUT2D eigenvalue weighted by molar-refractivity contribution is 5.23. The van der Waals surface area contributed by atoms with Gasteiger partial charge in [0.25, 0.3) is 6.43 Å². The van der Waals surface area contributed by atoms with E-state index in [4.69, 9.17) is 4.74 Å². The van der Waals surface area contributed by atoms with E-state index in [0.717, 1.165) is 31.6 Å². The van der Waals surface area contributed by atoms with Crippen molar-refractivity contribution in [3.8, 4) is 0 Å². The second-order valence-corrected chi connectivity index (χ2v) is 4.66. The topological polar surface area (TPSA) is 21.3 Å². The van der Waals surface area contributed by atoms with Crippen LogP contribution in [0.15, 0.2) is 24.3 Å². The molecular formula is C14H19F2NO. The van der Waals surface area contributed by atoms with Gasteiger partial charge in [-0.15, -0.1) is 0 Å². The van der Waals surface area contributed by atoms with Crippen LogP contribution in [-0.4, -0.2) is 19.3 Å². The highest BCUT2D eigenvalue weighted by Crippen LogP contribution is 2.18. The lowest BCUT2D eigenvalue weighted by atomic mass is 10.1. The van der Waals surface area contributed by atoms with Gasteiger partial charge < -0.3 is 10.1 Å². The zero-order valence-electron chi connectivity index (χ0n) is 10.4. The maximum atomic E-state index is 12.4.